The van der Waals surface area contributed by atoms with E-state index in [4.69, 9.17) is 17.3 Å². The van der Waals surface area contributed by atoms with Crippen molar-refractivity contribution in [1.29, 1.82) is 0 Å². The Hall–Kier alpha value is -1.36. The van der Waals surface area contributed by atoms with Crippen LogP contribution in [0.1, 0.15) is 22.8 Å². The summed E-state index contributed by atoms with van der Waals surface area (Å²) in [6, 6.07) is 12.2. The normalized spacial score (nSPS) is 21.3. The van der Waals surface area contributed by atoms with Gasteiger partial charge in [-0.05, 0) is 18.1 Å². The molecule has 1 amide bonds. The Morgan fingerprint density at radius 3 is 2.77 bits per heavy atom. The molecule has 2 aromatic rings. The van der Waals surface area contributed by atoms with Crippen LogP contribution in [-0.2, 0) is 11.2 Å². The third-order valence-corrected chi connectivity index (χ3v) is 5.50. The van der Waals surface area contributed by atoms with Crippen LogP contribution in [0.4, 0.5) is 0 Å². The molecule has 3 rings (SSSR count). The predicted octanol–water partition coefficient (Wildman–Crippen LogP) is 3.29. The summed E-state index contributed by atoms with van der Waals surface area (Å²) in [7, 11) is 0. The molecule has 1 saturated heterocycles. The number of aryl methyl sites for hydroxylation is 1. The molecule has 3 nitrogen and oxygen atoms in total. The molecule has 1 aliphatic heterocycles. The van der Waals surface area contributed by atoms with Gasteiger partial charge in [-0.2, -0.15) is 0 Å². The number of benzene rings is 1. The van der Waals surface area contributed by atoms with Crippen molar-refractivity contribution in [3.05, 3.63) is 57.2 Å². The first-order chi connectivity index (χ1) is 10.6. The first kappa shape index (κ1) is 15.5. The van der Waals surface area contributed by atoms with Gasteiger partial charge in [0.05, 0.1) is 5.02 Å². The number of carbonyl (C=O) groups is 1. The average molecular weight is 335 g/mol. The fourth-order valence-electron chi connectivity index (χ4n) is 2.96. The molecule has 1 aromatic heterocycles. The third kappa shape index (κ3) is 3.51. The maximum atomic E-state index is 12.4. The molecule has 2 heterocycles. The lowest BCUT2D eigenvalue weighted by Crippen LogP contribution is -2.32. The van der Waals surface area contributed by atoms with E-state index in [0.717, 1.165) is 22.9 Å². The minimum absolute atomic E-state index is 0.0162. The fraction of sp³-hybridized carbons (Fsp3) is 0.353. The van der Waals surface area contributed by atoms with Gasteiger partial charge in [-0.1, -0.05) is 41.9 Å². The second kappa shape index (κ2) is 6.82. The van der Waals surface area contributed by atoms with Crippen LogP contribution in [0, 0.1) is 0 Å². The largest absolute Gasteiger partial charge is 0.340 e. The summed E-state index contributed by atoms with van der Waals surface area (Å²) in [5, 5.41) is 2.65. The summed E-state index contributed by atoms with van der Waals surface area (Å²) in [4.78, 5) is 15.4. The first-order valence-electron chi connectivity index (χ1n) is 7.44. The van der Waals surface area contributed by atoms with E-state index in [0.29, 0.717) is 13.0 Å². The molecule has 0 unspecified atom stereocenters. The van der Waals surface area contributed by atoms with E-state index in [1.807, 2.05) is 34.5 Å². The smallest absolute Gasteiger partial charge is 0.223 e. The Balaban J connectivity index is 1.58. The molecule has 116 valence electrons. The quantitative estimate of drug-likeness (QED) is 0.932. The lowest BCUT2D eigenvalue weighted by Gasteiger charge is -2.16. The first-order valence-corrected chi connectivity index (χ1v) is 8.70. The molecule has 1 fully saturated rings. The SMILES string of the molecule is N[C@@H]1CN(C(=O)CCc2cc(Cl)cs2)C[C@H]1c1ccccc1. The fourth-order valence-corrected chi connectivity index (χ4v) is 4.04. The standard InChI is InChI=1S/C17H19ClN2OS/c18-13-8-14(22-11-13)6-7-17(21)20-9-15(16(19)10-20)12-4-2-1-3-5-12/h1-5,8,11,15-16H,6-7,9-10,19H2/t15-,16+/m0/s1. The van der Waals surface area contributed by atoms with Crippen molar-refractivity contribution in [3.63, 3.8) is 0 Å². The van der Waals surface area contributed by atoms with E-state index in [-0.39, 0.29) is 17.9 Å². The highest BCUT2D eigenvalue weighted by Gasteiger charge is 2.33. The van der Waals surface area contributed by atoms with Crippen LogP contribution < -0.4 is 5.73 Å². The molecule has 2 N–H and O–H groups in total. The van der Waals surface area contributed by atoms with Crippen LogP contribution in [0.15, 0.2) is 41.8 Å². The van der Waals surface area contributed by atoms with Gasteiger partial charge in [-0.15, -0.1) is 11.3 Å². The van der Waals surface area contributed by atoms with Crippen molar-refractivity contribution in [2.24, 2.45) is 5.73 Å². The molecule has 0 radical (unpaired) electrons. The zero-order chi connectivity index (χ0) is 15.5. The van der Waals surface area contributed by atoms with Gasteiger partial charge in [-0.3, -0.25) is 4.79 Å². The number of halogens is 1. The minimum atomic E-state index is 0.0162. The van der Waals surface area contributed by atoms with Gasteiger partial charge in [0, 0.05) is 41.7 Å². The van der Waals surface area contributed by atoms with Crippen LogP contribution in [0.2, 0.25) is 5.02 Å². The number of carbonyl (C=O) groups excluding carboxylic acids is 1. The number of hydrogen-bond donors (Lipinski definition) is 1. The van der Waals surface area contributed by atoms with Crippen molar-refractivity contribution in [2.45, 2.75) is 24.8 Å². The Kier molecular flexibility index (Phi) is 4.81. The molecular formula is C17H19ClN2OS. The molecule has 22 heavy (non-hydrogen) atoms. The van der Waals surface area contributed by atoms with E-state index >= 15 is 0 Å². The minimum Gasteiger partial charge on any atom is -0.340 e. The lowest BCUT2D eigenvalue weighted by atomic mass is 9.95. The van der Waals surface area contributed by atoms with E-state index in [9.17, 15) is 4.79 Å². The van der Waals surface area contributed by atoms with Crippen LogP contribution in [-0.4, -0.2) is 29.9 Å². The third-order valence-electron chi connectivity index (χ3n) is 4.15. The predicted molar refractivity (Wildman–Crippen MR) is 91.4 cm³/mol. The number of amides is 1. The summed E-state index contributed by atoms with van der Waals surface area (Å²) >= 11 is 7.51. The van der Waals surface area contributed by atoms with Gasteiger partial charge in [0.15, 0.2) is 0 Å². The van der Waals surface area contributed by atoms with Crippen molar-refractivity contribution in [1.82, 2.24) is 4.90 Å². The molecule has 1 aliphatic rings. The molecule has 0 aliphatic carbocycles. The zero-order valence-corrected chi connectivity index (χ0v) is 13.8. The summed E-state index contributed by atoms with van der Waals surface area (Å²) in [5.41, 5.74) is 7.46. The highest BCUT2D eigenvalue weighted by molar-refractivity contribution is 7.10. The van der Waals surface area contributed by atoms with Crippen molar-refractivity contribution < 1.29 is 4.79 Å². The van der Waals surface area contributed by atoms with Crippen LogP contribution in [0.25, 0.3) is 0 Å². The molecule has 0 spiro atoms. The number of nitrogens with two attached hydrogens (primary N) is 1. The monoisotopic (exact) mass is 334 g/mol. The van der Waals surface area contributed by atoms with Gasteiger partial charge in [0.2, 0.25) is 5.91 Å². The Labute approximate surface area is 139 Å². The van der Waals surface area contributed by atoms with Crippen LogP contribution >= 0.6 is 22.9 Å². The number of rotatable bonds is 4. The van der Waals surface area contributed by atoms with Gasteiger partial charge in [0.1, 0.15) is 0 Å². The number of thiophene rings is 1. The van der Waals surface area contributed by atoms with Gasteiger partial charge >= 0.3 is 0 Å². The van der Waals surface area contributed by atoms with Crippen LogP contribution in [0.5, 0.6) is 0 Å². The van der Waals surface area contributed by atoms with Crippen molar-refractivity contribution in [3.8, 4) is 0 Å². The lowest BCUT2D eigenvalue weighted by molar-refractivity contribution is -0.130. The van der Waals surface area contributed by atoms with E-state index in [2.05, 4.69) is 12.1 Å². The maximum Gasteiger partial charge on any atom is 0.223 e. The number of likely N-dealkylation sites (tertiary alicyclic amines) is 1. The average Bonchev–Trinajstić information content (AvgIpc) is 3.12. The second-order valence-electron chi connectivity index (χ2n) is 5.71. The molecular weight excluding hydrogens is 316 g/mol. The molecule has 0 saturated carbocycles. The number of nitrogens with zero attached hydrogens (tertiary/aromatic N) is 1. The molecule has 1 aromatic carbocycles. The van der Waals surface area contributed by atoms with Gasteiger partial charge in [-0.25, -0.2) is 0 Å². The summed E-state index contributed by atoms with van der Waals surface area (Å²) in [6.45, 7) is 1.36. The number of hydrogen-bond acceptors (Lipinski definition) is 3. The summed E-state index contributed by atoms with van der Waals surface area (Å²) in [5.74, 6) is 0.416. The Morgan fingerprint density at radius 1 is 1.32 bits per heavy atom. The summed E-state index contributed by atoms with van der Waals surface area (Å²) < 4.78 is 0. The second-order valence-corrected chi connectivity index (χ2v) is 7.14. The maximum absolute atomic E-state index is 12.4. The Morgan fingerprint density at radius 2 is 2.09 bits per heavy atom. The highest BCUT2D eigenvalue weighted by atomic mass is 35.5. The Bertz CT molecular complexity index is 643. The van der Waals surface area contributed by atoms with E-state index < -0.39 is 0 Å². The topological polar surface area (TPSA) is 46.3 Å². The molecule has 2 atom stereocenters. The highest BCUT2D eigenvalue weighted by Crippen LogP contribution is 2.27. The van der Waals surface area contributed by atoms with E-state index in [1.54, 1.807) is 11.3 Å². The molecule has 5 heteroatoms. The van der Waals surface area contributed by atoms with Crippen LogP contribution in [0.3, 0.4) is 0 Å². The van der Waals surface area contributed by atoms with Gasteiger partial charge in [0.25, 0.3) is 0 Å². The van der Waals surface area contributed by atoms with Gasteiger partial charge < -0.3 is 10.6 Å². The van der Waals surface area contributed by atoms with Crippen molar-refractivity contribution >= 4 is 28.8 Å². The summed E-state index contributed by atoms with van der Waals surface area (Å²) in [6.07, 6.45) is 1.27. The molecule has 0 bridgehead atoms. The van der Waals surface area contributed by atoms with Crippen molar-refractivity contribution in [2.75, 3.05) is 13.1 Å². The van der Waals surface area contributed by atoms with E-state index in [1.165, 1.54) is 5.56 Å². The zero-order valence-electron chi connectivity index (χ0n) is 12.2.